The summed E-state index contributed by atoms with van der Waals surface area (Å²) in [6.45, 7) is 2.10. The van der Waals surface area contributed by atoms with E-state index in [-0.39, 0.29) is 12.5 Å². The van der Waals surface area contributed by atoms with Crippen LogP contribution in [0.5, 0.6) is 0 Å². The molecule has 0 atom stereocenters. The molecular formula is C13H13N3O2S. The Balaban J connectivity index is 1.94. The minimum atomic E-state index is -0.151. The molecule has 0 aliphatic heterocycles. The molecule has 0 radical (unpaired) electrons. The van der Waals surface area contributed by atoms with Crippen LogP contribution in [0.25, 0.3) is 0 Å². The van der Waals surface area contributed by atoms with Crippen LogP contribution in [0.1, 0.15) is 26.5 Å². The lowest BCUT2D eigenvalue weighted by atomic mass is 10.2. The fourth-order valence-corrected chi connectivity index (χ4v) is 2.28. The van der Waals surface area contributed by atoms with Crippen LogP contribution >= 0.6 is 11.3 Å². The zero-order chi connectivity index (χ0) is 13.7. The Morgan fingerprint density at radius 1 is 1.63 bits per heavy atom. The second kappa shape index (κ2) is 6.18. The molecular weight excluding hydrogens is 262 g/mol. The second-order valence-corrected chi connectivity index (χ2v) is 4.85. The third kappa shape index (κ3) is 3.44. The standard InChI is InChI=1S/C13H13N3O2S/c1-9-12(7-15-16-9)13(18)14-6-11-5-10(8-19-11)3-2-4-17/h5,7-8,17H,4,6H2,1H3,(H,14,18)(H,15,16). The molecule has 0 spiro atoms. The number of nitrogens with one attached hydrogen (secondary N) is 2. The Bertz CT molecular complexity index is 634. The summed E-state index contributed by atoms with van der Waals surface area (Å²) in [5, 5.41) is 19.9. The summed E-state index contributed by atoms with van der Waals surface area (Å²) >= 11 is 1.52. The normalized spacial score (nSPS) is 9.79. The quantitative estimate of drug-likeness (QED) is 0.733. The van der Waals surface area contributed by atoms with Crippen LogP contribution in [0, 0.1) is 18.8 Å². The van der Waals surface area contributed by atoms with Crippen molar-refractivity contribution >= 4 is 17.2 Å². The van der Waals surface area contributed by atoms with Gasteiger partial charge in [0.2, 0.25) is 0 Å². The lowest BCUT2D eigenvalue weighted by Crippen LogP contribution is -2.22. The number of carbonyl (C=O) groups excluding carboxylic acids is 1. The summed E-state index contributed by atoms with van der Waals surface area (Å²) in [7, 11) is 0. The maximum absolute atomic E-state index is 11.9. The number of rotatable bonds is 3. The van der Waals surface area contributed by atoms with Crippen molar-refractivity contribution in [1.82, 2.24) is 15.5 Å². The first-order valence-corrected chi connectivity index (χ1v) is 6.54. The smallest absolute Gasteiger partial charge is 0.255 e. The number of aromatic nitrogens is 2. The van der Waals surface area contributed by atoms with E-state index >= 15 is 0 Å². The molecule has 0 fully saturated rings. The van der Waals surface area contributed by atoms with Gasteiger partial charge in [-0.2, -0.15) is 5.10 Å². The molecule has 2 aromatic heterocycles. The molecule has 0 aromatic carbocycles. The monoisotopic (exact) mass is 275 g/mol. The Morgan fingerprint density at radius 2 is 2.47 bits per heavy atom. The van der Waals surface area contributed by atoms with E-state index in [1.54, 1.807) is 6.92 Å². The predicted molar refractivity (Wildman–Crippen MR) is 72.8 cm³/mol. The lowest BCUT2D eigenvalue weighted by molar-refractivity contribution is 0.0951. The van der Waals surface area contributed by atoms with Crippen molar-refractivity contribution in [2.75, 3.05) is 6.61 Å². The molecule has 2 rings (SSSR count). The van der Waals surface area contributed by atoms with Crippen molar-refractivity contribution in [2.45, 2.75) is 13.5 Å². The van der Waals surface area contributed by atoms with Gasteiger partial charge in [0, 0.05) is 21.5 Å². The fraction of sp³-hybridized carbons (Fsp3) is 0.231. The number of hydrogen-bond acceptors (Lipinski definition) is 4. The van der Waals surface area contributed by atoms with Crippen LogP contribution in [0.4, 0.5) is 0 Å². The van der Waals surface area contributed by atoms with Gasteiger partial charge in [0.25, 0.3) is 5.91 Å². The van der Waals surface area contributed by atoms with Gasteiger partial charge in [-0.05, 0) is 13.0 Å². The first kappa shape index (κ1) is 13.3. The van der Waals surface area contributed by atoms with Gasteiger partial charge in [-0.25, -0.2) is 0 Å². The third-order valence-electron chi connectivity index (χ3n) is 2.46. The van der Waals surface area contributed by atoms with E-state index in [0.29, 0.717) is 12.1 Å². The molecule has 0 unspecified atom stereocenters. The van der Waals surface area contributed by atoms with Crippen molar-refractivity contribution in [1.29, 1.82) is 0 Å². The first-order chi connectivity index (χ1) is 9.20. The zero-order valence-corrected chi connectivity index (χ0v) is 11.2. The number of aromatic amines is 1. The maximum atomic E-state index is 11.9. The number of thiophene rings is 1. The van der Waals surface area contributed by atoms with Gasteiger partial charge < -0.3 is 10.4 Å². The van der Waals surface area contributed by atoms with Gasteiger partial charge >= 0.3 is 0 Å². The summed E-state index contributed by atoms with van der Waals surface area (Å²) < 4.78 is 0. The largest absolute Gasteiger partial charge is 0.384 e. The summed E-state index contributed by atoms with van der Waals surface area (Å²) in [5.41, 5.74) is 2.15. The molecule has 5 nitrogen and oxygen atoms in total. The average molecular weight is 275 g/mol. The number of aryl methyl sites for hydroxylation is 1. The molecule has 19 heavy (non-hydrogen) atoms. The van der Waals surface area contributed by atoms with Crippen molar-refractivity contribution in [3.8, 4) is 11.8 Å². The van der Waals surface area contributed by atoms with E-state index in [0.717, 1.165) is 16.1 Å². The molecule has 2 heterocycles. The minimum absolute atomic E-state index is 0.150. The number of amides is 1. The van der Waals surface area contributed by atoms with Crippen molar-refractivity contribution in [2.24, 2.45) is 0 Å². The van der Waals surface area contributed by atoms with E-state index in [4.69, 9.17) is 5.11 Å². The van der Waals surface area contributed by atoms with Crippen LogP contribution < -0.4 is 5.32 Å². The molecule has 0 saturated heterocycles. The Morgan fingerprint density at radius 3 is 3.16 bits per heavy atom. The van der Waals surface area contributed by atoms with Crippen molar-refractivity contribution in [3.05, 3.63) is 39.3 Å². The maximum Gasteiger partial charge on any atom is 0.255 e. The van der Waals surface area contributed by atoms with E-state index < -0.39 is 0 Å². The van der Waals surface area contributed by atoms with Gasteiger partial charge in [-0.1, -0.05) is 11.8 Å². The molecule has 3 N–H and O–H groups in total. The highest BCUT2D eigenvalue weighted by Crippen LogP contribution is 2.14. The summed E-state index contributed by atoms with van der Waals surface area (Å²) in [5.74, 6) is 5.26. The third-order valence-corrected chi connectivity index (χ3v) is 3.40. The number of H-pyrrole nitrogens is 1. The van der Waals surface area contributed by atoms with Crippen molar-refractivity contribution < 1.29 is 9.90 Å². The second-order valence-electron chi connectivity index (χ2n) is 3.85. The van der Waals surface area contributed by atoms with E-state index in [1.165, 1.54) is 17.5 Å². The summed E-state index contributed by atoms with van der Waals surface area (Å²) in [4.78, 5) is 12.9. The highest BCUT2D eigenvalue weighted by Gasteiger charge is 2.10. The van der Waals surface area contributed by atoms with Gasteiger partial charge in [-0.3, -0.25) is 9.89 Å². The number of aliphatic hydroxyl groups is 1. The van der Waals surface area contributed by atoms with Gasteiger partial charge in [-0.15, -0.1) is 11.3 Å². The van der Waals surface area contributed by atoms with Crippen LogP contribution in [0.15, 0.2) is 17.6 Å². The molecule has 0 bridgehead atoms. The van der Waals surface area contributed by atoms with Crippen LogP contribution in [0.3, 0.4) is 0 Å². The molecule has 2 aromatic rings. The van der Waals surface area contributed by atoms with Gasteiger partial charge in [0.1, 0.15) is 6.61 Å². The van der Waals surface area contributed by atoms with E-state index in [1.807, 2.05) is 11.4 Å². The summed E-state index contributed by atoms with van der Waals surface area (Å²) in [6, 6.07) is 1.90. The van der Waals surface area contributed by atoms with Crippen LogP contribution in [-0.4, -0.2) is 27.8 Å². The molecule has 0 saturated carbocycles. The zero-order valence-electron chi connectivity index (χ0n) is 10.4. The topological polar surface area (TPSA) is 78.0 Å². The lowest BCUT2D eigenvalue weighted by Gasteiger charge is -2.01. The SMILES string of the molecule is Cc1[nH]ncc1C(=O)NCc1cc(C#CCO)cs1. The van der Waals surface area contributed by atoms with Crippen molar-refractivity contribution in [3.63, 3.8) is 0 Å². The minimum Gasteiger partial charge on any atom is -0.384 e. The van der Waals surface area contributed by atoms with E-state index in [9.17, 15) is 4.79 Å². The molecule has 0 aliphatic carbocycles. The van der Waals surface area contributed by atoms with Gasteiger partial charge in [0.05, 0.1) is 18.3 Å². The molecule has 0 aliphatic rings. The number of hydrogen-bond donors (Lipinski definition) is 3. The molecule has 6 heteroatoms. The Hall–Kier alpha value is -2.10. The highest BCUT2D eigenvalue weighted by molar-refractivity contribution is 7.10. The van der Waals surface area contributed by atoms with Crippen LogP contribution in [-0.2, 0) is 6.54 Å². The Kier molecular flexibility index (Phi) is 4.34. The first-order valence-electron chi connectivity index (χ1n) is 5.66. The van der Waals surface area contributed by atoms with Gasteiger partial charge in [0.15, 0.2) is 0 Å². The molecule has 1 amide bonds. The number of carbonyl (C=O) groups is 1. The highest BCUT2D eigenvalue weighted by atomic mass is 32.1. The fourth-order valence-electron chi connectivity index (χ4n) is 1.52. The van der Waals surface area contributed by atoms with E-state index in [2.05, 4.69) is 27.4 Å². The summed E-state index contributed by atoms with van der Waals surface area (Å²) in [6.07, 6.45) is 1.51. The number of aliphatic hydroxyl groups excluding tert-OH is 1. The number of nitrogens with zero attached hydrogens (tertiary/aromatic N) is 1. The van der Waals surface area contributed by atoms with Crippen LogP contribution in [0.2, 0.25) is 0 Å². The molecule has 98 valence electrons. The Labute approximate surface area is 114 Å². The average Bonchev–Trinajstić information content (AvgIpc) is 3.02. The predicted octanol–water partition coefficient (Wildman–Crippen LogP) is 1.05.